The molecule has 7 heteroatoms. The number of nitrogens with zero attached hydrogens (tertiary/aromatic N) is 5. The molecule has 7 nitrogen and oxygen atoms in total. The van der Waals surface area contributed by atoms with Crippen molar-refractivity contribution in [1.82, 2.24) is 24.8 Å². The molecule has 1 aliphatic rings. The van der Waals surface area contributed by atoms with E-state index >= 15 is 0 Å². The molecule has 1 fully saturated rings. The molecule has 0 spiro atoms. The van der Waals surface area contributed by atoms with Gasteiger partial charge in [-0.2, -0.15) is 10.1 Å². The standard InChI is InChI=1S/C23H23N5O2/c1-16-9-11-17(12-10-16)22-24-23(30-26-22)21-18-7-3-4-8-19(18)28(25-21)15-20(29)27-13-5-2-6-14-27/h3-4,7-12H,2,5-6,13-15H2,1H3. The van der Waals surface area contributed by atoms with Crippen LogP contribution in [0.2, 0.25) is 0 Å². The monoisotopic (exact) mass is 401 g/mol. The molecule has 4 aromatic rings. The lowest BCUT2D eigenvalue weighted by Gasteiger charge is -2.26. The number of likely N-dealkylation sites (tertiary alicyclic amines) is 1. The minimum Gasteiger partial charge on any atom is -0.341 e. The van der Waals surface area contributed by atoms with E-state index in [9.17, 15) is 4.79 Å². The molecule has 1 aliphatic heterocycles. The first kappa shape index (κ1) is 18.5. The minimum atomic E-state index is 0.0976. The van der Waals surface area contributed by atoms with Gasteiger partial charge in [0, 0.05) is 24.0 Å². The van der Waals surface area contributed by atoms with Crippen LogP contribution in [-0.2, 0) is 11.3 Å². The van der Waals surface area contributed by atoms with Crippen molar-refractivity contribution < 1.29 is 9.32 Å². The van der Waals surface area contributed by atoms with Gasteiger partial charge in [-0.3, -0.25) is 9.48 Å². The van der Waals surface area contributed by atoms with Gasteiger partial charge in [0.15, 0.2) is 5.69 Å². The summed E-state index contributed by atoms with van der Waals surface area (Å²) in [6, 6.07) is 15.8. The van der Waals surface area contributed by atoms with E-state index in [2.05, 4.69) is 15.2 Å². The molecule has 5 rings (SSSR count). The number of carbonyl (C=O) groups is 1. The normalized spacial score (nSPS) is 14.4. The molecule has 0 atom stereocenters. The molecule has 1 saturated heterocycles. The van der Waals surface area contributed by atoms with Crippen LogP contribution < -0.4 is 0 Å². The van der Waals surface area contributed by atoms with Crippen molar-refractivity contribution in [3.05, 3.63) is 54.1 Å². The number of para-hydroxylation sites is 1. The van der Waals surface area contributed by atoms with Crippen LogP contribution in [0.15, 0.2) is 53.1 Å². The smallest absolute Gasteiger partial charge is 0.279 e. The molecule has 0 radical (unpaired) electrons. The molecular weight excluding hydrogens is 378 g/mol. The van der Waals surface area contributed by atoms with Gasteiger partial charge in [-0.05, 0) is 32.3 Å². The van der Waals surface area contributed by atoms with Gasteiger partial charge in [0.05, 0.1) is 5.52 Å². The van der Waals surface area contributed by atoms with Gasteiger partial charge in [-0.25, -0.2) is 0 Å². The van der Waals surface area contributed by atoms with E-state index in [0.717, 1.165) is 42.4 Å². The molecular formula is C23H23N5O2. The molecule has 0 aliphatic carbocycles. The average molecular weight is 401 g/mol. The molecule has 0 unspecified atom stereocenters. The van der Waals surface area contributed by atoms with E-state index in [4.69, 9.17) is 4.52 Å². The lowest BCUT2D eigenvalue weighted by atomic mass is 10.1. The second-order valence-electron chi connectivity index (χ2n) is 7.75. The minimum absolute atomic E-state index is 0.0976. The molecule has 1 amide bonds. The molecule has 3 heterocycles. The summed E-state index contributed by atoms with van der Waals surface area (Å²) < 4.78 is 7.29. The fourth-order valence-electron chi connectivity index (χ4n) is 3.92. The van der Waals surface area contributed by atoms with E-state index < -0.39 is 0 Å². The van der Waals surface area contributed by atoms with Crippen molar-refractivity contribution in [2.45, 2.75) is 32.7 Å². The lowest BCUT2D eigenvalue weighted by Crippen LogP contribution is -2.37. The van der Waals surface area contributed by atoms with Gasteiger partial charge < -0.3 is 9.42 Å². The third-order valence-corrected chi connectivity index (χ3v) is 5.59. The van der Waals surface area contributed by atoms with E-state index in [1.54, 1.807) is 4.68 Å². The highest BCUT2D eigenvalue weighted by molar-refractivity contribution is 5.92. The molecule has 30 heavy (non-hydrogen) atoms. The third-order valence-electron chi connectivity index (χ3n) is 5.59. The maximum Gasteiger partial charge on any atom is 0.279 e. The summed E-state index contributed by atoms with van der Waals surface area (Å²) in [6.45, 7) is 3.90. The molecule has 2 aromatic heterocycles. The van der Waals surface area contributed by atoms with Gasteiger partial charge in [-0.15, -0.1) is 0 Å². The molecule has 0 saturated carbocycles. The lowest BCUT2D eigenvalue weighted by molar-refractivity contribution is -0.132. The molecule has 2 aromatic carbocycles. The zero-order valence-corrected chi connectivity index (χ0v) is 16.9. The highest BCUT2D eigenvalue weighted by atomic mass is 16.5. The topological polar surface area (TPSA) is 77.0 Å². The van der Waals surface area contributed by atoms with Gasteiger partial charge in [0.2, 0.25) is 11.7 Å². The van der Waals surface area contributed by atoms with Crippen LogP contribution in [0, 0.1) is 6.92 Å². The largest absolute Gasteiger partial charge is 0.341 e. The number of amides is 1. The second kappa shape index (κ2) is 7.74. The molecule has 152 valence electrons. The number of fused-ring (bicyclic) bond motifs is 1. The van der Waals surface area contributed by atoms with Crippen molar-refractivity contribution in [1.29, 1.82) is 0 Å². The Hall–Kier alpha value is -3.48. The van der Waals surface area contributed by atoms with Gasteiger partial charge in [-0.1, -0.05) is 53.2 Å². The number of hydrogen-bond acceptors (Lipinski definition) is 5. The number of aryl methyl sites for hydroxylation is 1. The Morgan fingerprint density at radius 2 is 1.80 bits per heavy atom. The summed E-state index contributed by atoms with van der Waals surface area (Å²) >= 11 is 0. The quantitative estimate of drug-likeness (QED) is 0.515. The van der Waals surface area contributed by atoms with Crippen LogP contribution in [0.5, 0.6) is 0 Å². The zero-order chi connectivity index (χ0) is 20.5. The number of rotatable bonds is 4. The van der Waals surface area contributed by atoms with Crippen molar-refractivity contribution >= 4 is 16.8 Å². The van der Waals surface area contributed by atoms with Crippen molar-refractivity contribution in [3.8, 4) is 23.0 Å². The molecule has 0 bridgehead atoms. The zero-order valence-electron chi connectivity index (χ0n) is 16.9. The van der Waals surface area contributed by atoms with Crippen molar-refractivity contribution in [2.24, 2.45) is 0 Å². The highest BCUT2D eigenvalue weighted by Crippen LogP contribution is 2.28. The van der Waals surface area contributed by atoms with Crippen LogP contribution >= 0.6 is 0 Å². The number of benzene rings is 2. The number of hydrogen-bond donors (Lipinski definition) is 0. The Morgan fingerprint density at radius 3 is 2.60 bits per heavy atom. The van der Waals surface area contributed by atoms with E-state index in [0.29, 0.717) is 17.4 Å². The summed E-state index contributed by atoms with van der Waals surface area (Å²) in [6.07, 6.45) is 3.33. The number of aromatic nitrogens is 4. The maximum atomic E-state index is 12.8. The van der Waals surface area contributed by atoms with Gasteiger partial charge >= 0.3 is 0 Å². The van der Waals surface area contributed by atoms with Gasteiger partial charge in [0.25, 0.3) is 5.89 Å². The first-order valence-corrected chi connectivity index (χ1v) is 10.3. The fraction of sp³-hybridized carbons (Fsp3) is 0.304. The summed E-state index contributed by atoms with van der Waals surface area (Å²) in [5.41, 5.74) is 3.54. The van der Waals surface area contributed by atoms with E-state index in [1.807, 2.05) is 60.4 Å². The Labute approximate surface area is 174 Å². The second-order valence-corrected chi connectivity index (χ2v) is 7.75. The Morgan fingerprint density at radius 1 is 1.03 bits per heavy atom. The number of carbonyl (C=O) groups excluding carboxylic acids is 1. The van der Waals surface area contributed by atoms with Crippen molar-refractivity contribution in [3.63, 3.8) is 0 Å². The fourth-order valence-corrected chi connectivity index (χ4v) is 3.92. The third kappa shape index (κ3) is 3.47. The Kier molecular flexibility index (Phi) is 4.78. The SMILES string of the molecule is Cc1ccc(-c2noc(-c3nn(CC(=O)N4CCCCC4)c4ccccc34)n2)cc1. The Bertz CT molecular complexity index is 1190. The van der Waals surface area contributed by atoms with Crippen LogP contribution in [0.1, 0.15) is 24.8 Å². The first-order valence-electron chi connectivity index (χ1n) is 10.3. The predicted molar refractivity (Wildman–Crippen MR) is 114 cm³/mol. The summed E-state index contributed by atoms with van der Waals surface area (Å²) in [7, 11) is 0. The summed E-state index contributed by atoms with van der Waals surface area (Å²) in [5, 5.41) is 9.71. The maximum absolute atomic E-state index is 12.8. The van der Waals surface area contributed by atoms with Crippen LogP contribution in [-0.4, -0.2) is 43.8 Å². The number of piperidine rings is 1. The van der Waals surface area contributed by atoms with Crippen LogP contribution in [0.3, 0.4) is 0 Å². The van der Waals surface area contributed by atoms with E-state index in [1.165, 1.54) is 12.0 Å². The Balaban J connectivity index is 1.48. The summed E-state index contributed by atoms with van der Waals surface area (Å²) in [4.78, 5) is 19.3. The highest BCUT2D eigenvalue weighted by Gasteiger charge is 2.22. The van der Waals surface area contributed by atoms with Crippen LogP contribution in [0.25, 0.3) is 33.9 Å². The predicted octanol–water partition coefficient (Wildman–Crippen LogP) is 4.07. The van der Waals surface area contributed by atoms with Gasteiger partial charge in [0.1, 0.15) is 6.54 Å². The first-order chi connectivity index (χ1) is 14.7. The molecule has 0 N–H and O–H groups in total. The average Bonchev–Trinajstić information content (AvgIpc) is 3.40. The van der Waals surface area contributed by atoms with Crippen LogP contribution in [0.4, 0.5) is 0 Å². The van der Waals surface area contributed by atoms with Crippen molar-refractivity contribution in [2.75, 3.05) is 13.1 Å². The summed E-state index contributed by atoms with van der Waals surface area (Å²) in [5.74, 6) is 0.972. The van der Waals surface area contributed by atoms with E-state index in [-0.39, 0.29) is 12.5 Å².